The van der Waals surface area contributed by atoms with Gasteiger partial charge in [-0.05, 0) is 19.3 Å². The van der Waals surface area contributed by atoms with Crippen LogP contribution in [0.4, 0.5) is 0 Å². The highest BCUT2D eigenvalue weighted by Crippen LogP contribution is 2.18. The molecule has 1 fully saturated rings. The molecule has 3 heteroatoms. The number of hydrogen-bond acceptors (Lipinski definition) is 1. The van der Waals surface area contributed by atoms with Crippen molar-refractivity contribution in [1.82, 2.24) is 4.90 Å². The van der Waals surface area contributed by atoms with Crippen molar-refractivity contribution in [3.8, 4) is 0 Å². The Bertz CT molecular complexity index is 164. The van der Waals surface area contributed by atoms with Gasteiger partial charge < -0.3 is 4.90 Å². The number of nitrogens with zero attached hydrogens (tertiary/aromatic N) is 1. The molecule has 76 valence electrons. The fourth-order valence-corrected chi connectivity index (χ4v) is 1.99. The van der Waals surface area contributed by atoms with E-state index >= 15 is 0 Å². The number of hydrogen-bond donors (Lipinski definition) is 0. The van der Waals surface area contributed by atoms with E-state index in [1.807, 2.05) is 4.90 Å². The molecule has 1 amide bonds. The van der Waals surface area contributed by atoms with Gasteiger partial charge in [0.15, 0.2) is 0 Å². The number of piperidine rings is 1. The summed E-state index contributed by atoms with van der Waals surface area (Å²) in [7, 11) is 0. The second-order valence-electron chi connectivity index (χ2n) is 3.66. The molecule has 0 spiro atoms. The molecule has 0 aromatic heterocycles. The molecule has 13 heavy (non-hydrogen) atoms. The molecule has 0 atom stereocenters. The Morgan fingerprint density at radius 1 is 1.46 bits per heavy atom. The zero-order chi connectivity index (χ0) is 9.68. The standard InChI is InChI=1S/C10H18BrNO/c1-2-3-4-10(13)12-7-5-9(11)6-8-12/h9H,2-8H2,1H3. The zero-order valence-corrected chi connectivity index (χ0v) is 9.85. The van der Waals surface area contributed by atoms with Gasteiger partial charge in [-0.25, -0.2) is 0 Å². The van der Waals surface area contributed by atoms with Crippen LogP contribution >= 0.6 is 15.9 Å². The van der Waals surface area contributed by atoms with Crippen LogP contribution < -0.4 is 0 Å². The minimum atomic E-state index is 0.348. The van der Waals surface area contributed by atoms with Crippen LogP contribution in [0.15, 0.2) is 0 Å². The molecule has 0 unspecified atom stereocenters. The van der Waals surface area contributed by atoms with E-state index in [1.165, 1.54) is 0 Å². The van der Waals surface area contributed by atoms with E-state index in [2.05, 4.69) is 22.9 Å². The number of alkyl halides is 1. The first-order valence-electron chi connectivity index (χ1n) is 5.16. The fraction of sp³-hybridized carbons (Fsp3) is 0.900. The highest BCUT2D eigenvalue weighted by atomic mass is 79.9. The highest BCUT2D eigenvalue weighted by Gasteiger charge is 2.20. The summed E-state index contributed by atoms with van der Waals surface area (Å²) >= 11 is 3.58. The van der Waals surface area contributed by atoms with E-state index in [-0.39, 0.29) is 0 Å². The van der Waals surface area contributed by atoms with Crippen LogP contribution in [-0.2, 0) is 4.79 Å². The lowest BCUT2D eigenvalue weighted by Crippen LogP contribution is -2.38. The normalized spacial score (nSPS) is 19.1. The molecule has 0 aromatic rings. The Kier molecular flexibility index (Phi) is 4.78. The van der Waals surface area contributed by atoms with Crippen molar-refractivity contribution in [2.24, 2.45) is 0 Å². The first-order valence-corrected chi connectivity index (χ1v) is 6.07. The lowest BCUT2D eigenvalue weighted by Gasteiger charge is -2.29. The van der Waals surface area contributed by atoms with E-state index < -0.39 is 0 Å². The van der Waals surface area contributed by atoms with Gasteiger partial charge in [0.05, 0.1) is 0 Å². The molecule has 0 bridgehead atoms. The van der Waals surface area contributed by atoms with Gasteiger partial charge in [-0.15, -0.1) is 0 Å². The number of halogens is 1. The Labute approximate surface area is 88.8 Å². The largest absolute Gasteiger partial charge is 0.343 e. The molecular formula is C10H18BrNO. The molecular weight excluding hydrogens is 230 g/mol. The minimum Gasteiger partial charge on any atom is -0.343 e. The van der Waals surface area contributed by atoms with E-state index in [0.29, 0.717) is 10.7 Å². The summed E-state index contributed by atoms with van der Waals surface area (Å²) in [5.41, 5.74) is 0. The maximum atomic E-state index is 11.6. The average Bonchev–Trinajstić information content (AvgIpc) is 2.15. The fourth-order valence-electron chi connectivity index (χ4n) is 1.58. The van der Waals surface area contributed by atoms with Crippen molar-refractivity contribution in [1.29, 1.82) is 0 Å². The molecule has 0 aromatic carbocycles. The van der Waals surface area contributed by atoms with Crippen molar-refractivity contribution >= 4 is 21.8 Å². The quantitative estimate of drug-likeness (QED) is 0.703. The van der Waals surface area contributed by atoms with Crippen molar-refractivity contribution in [3.63, 3.8) is 0 Å². The Balaban J connectivity index is 2.23. The van der Waals surface area contributed by atoms with Crippen molar-refractivity contribution in [2.75, 3.05) is 13.1 Å². The van der Waals surface area contributed by atoms with Crippen LogP contribution in [0, 0.1) is 0 Å². The van der Waals surface area contributed by atoms with Gasteiger partial charge in [0.1, 0.15) is 0 Å². The number of carbonyl (C=O) groups is 1. The summed E-state index contributed by atoms with van der Waals surface area (Å²) in [6.07, 6.45) is 5.10. The highest BCUT2D eigenvalue weighted by molar-refractivity contribution is 9.09. The molecule has 1 heterocycles. The Morgan fingerprint density at radius 2 is 2.08 bits per heavy atom. The first kappa shape index (κ1) is 11.0. The van der Waals surface area contributed by atoms with Crippen molar-refractivity contribution in [3.05, 3.63) is 0 Å². The summed E-state index contributed by atoms with van der Waals surface area (Å²) in [4.78, 5) is 14.2. The smallest absolute Gasteiger partial charge is 0.222 e. The van der Waals surface area contributed by atoms with Gasteiger partial charge in [-0.3, -0.25) is 4.79 Å². The summed E-state index contributed by atoms with van der Waals surface area (Å²) in [6.45, 7) is 4.01. The Morgan fingerprint density at radius 3 is 2.62 bits per heavy atom. The van der Waals surface area contributed by atoms with Crippen molar-refractivity contribution < 1.29 is 4.79 Å². The van der Waals surface area contributed by atoms with E-state index in [1.54, 1.807) is 0 Å². The first-order chi connectivity index (χ1) is 6.24. The third kappa shape index (κ3) is 3.67. The van der Waals surface area contributed by atoms with E-state index in [0.717, 1.165) is 45.2 Å². The molecule has 1 rings (SSSR count). The lowest BCUT2D eigenvalue weighted by molar-refractivity contribution is -0.132. The summed E-state index contributed by atoms with van der Waals surface area (Å²) in [6, 6.07) is 0. The van der Waals surface area contributed by atoms with E-state index in [4.69, 9.17) is 0 Å². The molecule has 2 nitrogen and oxygen atoms in total. The topological polar surface area (TPSA) is 20.3 Å². The van der Waals surface area contributed by atoms with Gasteiger partial charge in [-0.2, -0.15) is 0 Å². The van der Waals surface area contributed by atoms with Crippen LogP contribution in [0.5, 0.6) is 0 Å². The van der Waals surface area contributed by atoms with Gasteiger partial charge >= 0.3 is 0 Å². The number of likely N-dealkylation sites (tertiary alicyclic amines) is 1. The predicted molar refractivity (Wildman–Crippen MR) is 58.1 cm³/mol. The average molecular weight is 248 g/mol. The van der Waals surface area contributed by atoms with Crippen LogP contribution in [0.1, 0.15) is 39.0 Å². The Hall–Kier alpha value is -0.0500. The monoisotopic (exact) mass is 247 g/mol. The van der Waals surface area contributed by atoms with Crippen LogP contribution in [0.3, 0.4) is 0 Å². The number of carbonyl (C=O) groups excluding carboxylic acids is 1. The third-order valence-corrected chi connectivity index (χ3v) is 3.44. The number of amides is 1. The SMILES string of the molecule is CCCCC(=O)N1CCC(Br)CC1. The number of rotatable bonds is 3. The van der Waals surface area contributed by atoms with E-state index in [9.17, 15) is 4.79 Å². The van der Waals surface area contributed by atoms with Crippen molar-refractivity contribution in [2.45, 2.75) is 43.9 Å². The van der Waals surface area contributed by atoms with Crippen LogP contribution in [-0.4, -0.2) is 28.7 Å². The van der Waals surface area contributed by atoms with Gasteiger partial charge in [0.2, 0.25) is 5.91 Å². The molecule has 1 aliphatic heterocycles. The van der Waals surface area contributed by atoms with Gasteiger partial charge in [0.25, 0.3) is 0 Å². The van der Waals surface area contributed by atoms with Gasteiger partial charge in [-0.1, -0.05) is 29.3 Å². The van der Waals surface area contributed by atoms with Crippen LogP contribution in [0.2, 0.25) is 0 Å². The lowest BCUT2D eigenvalue weighted by atomic mass is 10.1. The summed E-state index contributed by atoms with van der Waals surface area (Å²) in [5.74, 6) is 0.348. The number of unbranched alkanes of at least 4 members (excludes halogenated alkanes) is 1. The minimum absolute atomic E-state index is 0.348. The third-order valence-electron chi connectivity index (χ3n) is 2.52. The maximum Gasteiger partial charge on any atom is 0.222 e. The zero-order valence-electron chi connectivity index (χ0n) is 8.26. The summed E-state index contributed by atoms with van der Waals surface area (Å²) in [5, 5.41) is 0. The molecule has 0 aliphatic carbocycles. The molecule has 0 saturated carbocycles. The molecule has 1 aliphatic rings. The predicted octanol–water partition coefficient (Wildman–Crippen LogP) is 2.56. The molecule has 0 N–H and O–H groups in total. The second-order valence-corrected chi connectivity index (χ2v) is 4.95. The maximum absolute atomic E-state index is 11.6. The molecule has 0 radical (unpaired) electrons. The van der Waals surface area contributed by atoms with Crippen LogP contribution in [0.25, 0.3) is 0 Å². The second kappa shape index (κ2) is 5.63. The van der Waals surface area contributed by atoms with Gasteiger partial charge in [0, 0.05) is 24.3 Å². The summed E-state index contributed by atoms with van der Waals surface area (Å²) < 4.78 is 0. The molecule has 1 saturated heterocycles.